The number of carbonyl (C=O) groups is 1. The third kappa shape index (κ3) is 37.3. The highest BCUT2D eigenvalue weighted by Gasteiger charge is 1.83. The SMILES string of the molecule is C=O.CCCCCC.CCCCCCCN. The Hall–Kier alpha value is -0.370. The van der Waals surface area contributed by atoms with Crippen molar-refractivity contribution in [2.24, 2.45) is 5.73 Å². The minimum Gasteiger partial charge on any atom is -0.330 e. The van der Waals surface area contributed by atoms with Crippen LogP contribution in [0.2, 0.25) is 0 Å². The van der Waals surface area contributed by atoms with E-state index in [1.807, 2.05) is 6.79 Å². The first-order valence-electron chi connectivity index (χ1n) is 6.82. The maximum Gasteiger partial charge on any atom is 0.106 e. The van der Waals surface area contributed by atoms with Gasteiger partial charge >= 0.3 is 0 Å². The molecule has 0 rings (SSSR count). The van der Waals surface area contributed by atoms with Crippen molar-refractivity contribution in [3.63, 3.8) is 0 Å². The Bertz CT molecular complexity index is 76.8. The quantitative estimate of drug-likeness (QED) is 0.632. The second kappa shape index (κ2) is 29.3. The van der Waals surface area contributed by atoms with Crippen LogP contribution in [-0.4, -0.2) is 13.3 Å². The molecule has 0 spiro atoms. The zero-order valence-corrected chi connectivity index (χ0v) is 11.8. The van der Waals surface area contributed by atoms with Gasteiger partial charge in [-0.25, -0.2) is 0 Å². The molecule has 0 atom stereocenters. The first-order valence-corrected chi connectivity index (χ1v) is 6.82. The van der Waals surface area contributed by atoms with E-state index in [0.29, 0.717) is 0 Å². The van der Waals surface area contributed by atoms with E-state index >= 15 is 0 Å². The normalized spacial score (nSPS) is 8.50. The van der Waals surface area contributed by atoms with Crippen molar-refractivity contribution < 1.29 is 4.79 Å². The third-order valence-corrected chi connectivity index (χ3v) is 2.26. The lowest BCUT2D eigenvalue weighted by Gasteiger charge is -1.93. The molecule has 2 heteroatoms. The van der Waals surface area contributed by atoms with Crippen LogP contribution in [0.15, 0.2) is 0 Å². The molecule has 0 saturated heterocycles. The van der Waals surface area contributed by atoms with Crippen LogP contribution in [0.4, 0.5) is 0 Å². The molecule has 16 heavy (non-hydrogen) atoms. The van der Waals surface area contributed by atoms with Gasteiger partial charge in [0.05, 0.1) is 0 Å². The maximum absolute atomic E-state index is 8.00. The first-order chi connectivity index (χ1) is 7.83. The van der Waals surface area contributed by atoms with Crippen LogP contribution in [0.1, 0.15) is 78.6 Å². The molecule has 0 saturated carbocycles. The predicted octanol–water partition coefficient (Wildman–Crippen LogP) is 4.32. The van der Waals surface area contributed by atoms with Gasteiger partial charge in [0.1, 0.15) is 6.79 Å². The summed E-state index contributed by atoms with van der Waals surface area (Å²) in [5.74, 6) is 0. The molecule has 0 amide bonds. The highest BCUT2D eigenvalue weighted by molar-refractivity contribution is 5.10. The molecule has 0 radical (unpaired) electrons. The molecule has 0 aliphatic heterocycles. The molecular formula is C14H33NO. The van der Waals surface area contributed by atoms with Gasteiger partial charge < -0.3 is 10.5 Å². The van der Waals surface area contributed by atoms with Crippen molar-refractivity contribution >= 4 is 6.79 Å². The summed E-state index contributed by atoms with van der Waals surface area (Å²) in [5, 5.41) is 0. The first kappa shape index (κ1) is 21.0. The molecule has 0 bridgehead atoms. The predicted molar refractivity (Wildman–Crippen MR) is 74.8 cm³/mol. The van der Waals surface area contributed by atoms with Gasteiger partial charge in [-0.3, -0.25) is 0 Å². The van der Waals surface area contributed by atoms with Crippen molar-refractivity contribution in [3.05, 3.63) is 0 Å². The summed E-state index contributed by atoms with van der Waals surface area (Å²) in [6, 6.07) is 0. The van der Waals surface area contributed by atoms with Crippen molar-refractivity contribution in [2.45, 2.75) is 78.6 Å². The Kier molecular flexibility index (Phi) is 38.4. The van der Waals surface area contributed by atoms with Crippen molar-refractivity contribution in [1.82, 2.24) is 0 Å². The van der Waals surface area contributed by atoms with Gasteiger partial charge in [0.25, 0.3) is 0 Å². The van der Waals surface area contributed by atoms with Gasteiger partial charge in [-0.15, -0.1) is 0 Å². The van der Waals surface area contributed by atoms with Crippen LogP contribution in [0.25, 0.3) is 0 Å². The van der Waals surface area contributed by atoms with Gasteiger partial charge in [-0.05, 0) is 13.0 Å². The molecule has 0 aliphatic carbocycles. The molecule has 0 aromatic carbocycles. The third-order valence-electron chi connectivity index (χ3n) is 2.26. The Balaban J connectivity index is -0.000000188. The monoisotopic (exact) mass is 231 g/mol. The van der Waals surface area contributed by atoms with Gasteiger partial charge in [-0.2, -0.15) is 0 Å². The number of carbonyl (C=O) groups excluding carboxylic acids is 1. The van der Waals surface area contributed by atoms with Crippen LogP contribution in [0.5, 0.6) is 0 Å². The molecule has 2 N–H and O–H groups in total. The van der Waals surface area contributed by atoms with E-state index in [4.69, 9.17) is 10.5 Å². The van der Waals surface area contributed by atoms with E-state index in [-0.39, 0.29) is 0 Å². The number of hydrogen-bond acceptors (Lipinski definition) is 2. The Morgan fingerprint density at radius 2 is 1.00 bits per heavy atom. The molecule has 0 aliphatic rings. The van der Waals surface area contributed by atoms with Gasteiger partial charge in [0, 0.05) is 0 Å². The largest absolute Gasteiger partial charge is 0.330 e. The number of unbranched alkanes of at least 4 members (excludes halogenated alkanes) is 7. The Morgan fingerprint density at radius 1 is 0.688 bits per heavy atom. The smallest absolute Gasteiger partial charge is 0.106 e. The fraction of sp³-hybridized carbons (Fsp3) is 0.929. The van der Waals surface area contributed by atoms with Gasteiger partial charge in [0.15, 0.2) is 0 Å². The van der Waals surface area contributed by atoms with Gasteiger partial charge in [-0.1, -0.05) is 72.1 Å². The lowest BCUT2D eigenvalue weighted by atomic mass is 10.2. The van der Waals surface area contributed by atoms with Crippen LogP contribution in [0.3, 0.4) is 0 Å². The minimum atomic E-state index is 0.865. The molecule has 0 heterocycles. The standard InChI is InChI=1S/C7H17N.C6H14.CH2O/c1-2-3-4-5-6-7-8;1-3-5-6-4-2;1-2/h2-8H2,1H3;3-6H2,1-2H3;1H2. The fourth-order valence-corrected chi connectivity index (χ4v) is 1.25. The van der Waals surface area contributed by atoms with Crippen LogP contribution >= 0.6 is 0 Å². The van der Waals surface area contributed by atoms with Crippen molar-refractivity contribution in [1.29, 1.82) is 0 Å². The molecule has 0 unspecified atom stereocenters. The molecule has 0 aromatic heterocycles. The van der Waals surface area contributed by atoms with E-state index in [1.54, 1.807) is 0 Å². The lowest BCUT2D eigenvalue weighted by molar-refractivity contribution is -0.0979. The van der Waals surface area contributed by atoms with Crippen LogP contribution in [-0.2, 0) is 4.79 Å². The Labute approximate surface area is 103 Å². The zero-order valence-electron chi connectivity index (χ0n) is 11.8. The average Bonchev–Trinajstić information content (AvgIpc) is 2.35. The fourth-order valence-electron chi connectivity index (χ4n) is 1.25. The van der Waals surface area contributed by atoms with Crippen LogP contribution in [0, 0.1) is 0 Å². The summed E-state index contributed by atoms with van der Waals surface area (Å²) in [7, 11) is 0. The molecular weight excluding hydrogens is 198 g/mol. The topological polar surface area (TPSA) is 43.1 Å². The highest BCUT2D eigenvalue weighted by atomic mass is 16.1. The summed E-state index contributed by atoms with van der Waals surface area (Å²) in [6.45, 7) is 9.55. The summed E-state index contributed by atoms with van der Waals surface area (Å²) in [5.41, 5.74) is 5.31. The zero-order chi connectivity index (χ0) is 13.1. The molecule has 100 valence electrons. The summed E-state index contributed by atoms with van der Waals surface area (Å²) in [4.78, 5) is 8.00. The van der Waals surface area contributed by atoms with E-state index < -0.39 is 0 Å². The highest BCUT2D eigenvalue weighted by Crippen LogP contribution is 2.00. The van der Waals surface area contributed by atoms with E-state index in [1.165, 1.54) is 57.8 Å². The van der Waals surface area contributed by atoms with E-state index in [0.717, 1.165) is 6.54 Å². The second-order valence-corrected chi connectivity index (χ2v) is 3.91. The van der Waals surface area contributed by atoms with Gasteiger partial charge in [0.2, 0.25) is 0 Å². The molecule has 2 nitrogen and oxygen atoms in total. The average molecular weight is 231 g/mol. The summed E-state index contributed by atoms with van der Waals surface area (Å²) >= 11 is 0. The van der Waals surface area contributed by atoms with Crippen molar-refractivity contribution in [2.75, 3.05) is 6.54 Å². The number of hydrogen-bond donors (Lipinski definition) is 1. The lowest BCUT2D eigenvalue weighted by Crippen LogP contribution is -1.97. The Morgan fingerprint density at radius 3 is 1.31 bits per heavy atom. The number of nitrogens with two attached hydrogens (primary N) is 1. The van der Waals surface area contributed by atoms with Crippen LogP contribution < -0.4 is 5.73 Å². The molecule has 0 aromatic rings. The second-order valence-electron chi connectivity index (χ2n) is 3.91. The van der Waals surface area contributed by atoms with E-state index in [2.05, 4.69) is 20.8 Å². The summed E-state index contributed by atoms with van der Waals surface area (Å²) < 4.78 is 0. The number of rotatable bonds is 8. The summed E-state index contributed by atoms with van der Waals surface area (Å²) in [6.07, 6.45) is 12.1. The van der Waals surface area contributed by atoms with E-state index in [9.17, 15) is 0 Å². The van der Waals surface area contributed by atoms with Crippen molar-refractivity contribution in [3.8, 4) is 0 Å². The molecule has 0 fully saturated rings. The maximum atomic E-state index is 8.00. The minimum absolute atomic E-state index is 0.865.